The Labute approximate surface area is 147 Å². The molecule has 25 heavy (non-hydrogen) atoms. The third-order valence-corrected chi connectivity index (χ3v) is 4.42. The number of anilines is 1. The minimum absolute atomic E-state index is 0.0579. The van der Waals surface area contributed by atoms with Gasteiger partial charge in [-0.05, 0) is 37.1 Å². The molecule has 2 heterocycles. The predicted octanol–water partition coefficient (Wildman–Crippen LogP) is 0.866. The molecule has 1 atom stereocenters. The van der Waals surface area contributed by atoms with E-state index in [2.05, 4.69) is 15.5 Å². The maximum Gasteiger partial charge on any atom is 0.251 e. The second-order valence-corrected chi connectivity index (χ2v) is 6.36. The van der Waals surface area contributed by atoms with Crippen LogP contribution in [0, 0.1) is 0 Å². The number of benzene rings is 1. The van der Waals surface area contributed by atoms with Crippen molar-refractivity contribution < 1.29 is 19.1 Å². The quantitative estimate of drug-likeness (QED) is 0.798. The summed E-state index contributed by atoms with van der Waals surface area (Å²) in [5.41, 5.74) is 1.26. The number of carbonyl (C=O) groups is 2. The molecule has 2 saturated heterocycles. The number of carbonyl (C=O) groups excluding carboxylic acids is 2. The molecule has 1 aromatic rings. The van der Waals surface area contributed by atoms with Gasteiger partial charge in [0.15, 0.2) is 0 Å². The van der Waals surface area contributed by atoms with Crippen LogP contribution in [0.25, 0.3) is 0 Å². The molecule has 2 aliphatic rings. The summed E-state index contributed by atoms with van der Waals surface area (Å²) in [6.45, 7) is 4.56. The van der Waals surface area contributed by atoms with Gasteiger partial charge in [0.05, 0.1) is 25.9 Å². The van der Waals surface area contributed by atoms with Gasteiger partial charge in [-0.3, -0.25) is 14.5 Å². The Kier molecular flexibility index (Phi) is 6.38. The highest BCUT2D eigenvalue weighted by Crippen LogP contribution is 2.12. The zero-order valence-corrected chi connectivity index (χ0v) is 14.3. The van der Waals surface area contributed by atoms with E-state index in [-0.39, 0.29) is 17.9 Å². The molecule has 2 amide bonds. The lowest BCUT2D eigenvalue weighted by molar-refractivity contribution is -0.118. The highest BCUT2D eigenvalue weighted by atomic mass is 16.5. The van der Waals surface area contributed by atoms with E-state index in [1.807, 2.05) is 0 Å². The van der Waals surface area contributed by atoms with Crippen molar-refractivity contribution in [3.63, 3.8) is 0 Å². The molecule has 2 N–H and O–H groups in total. The molecule has 2 aliphatic heterocycles. The van der Waals surface area contributed by atoms with Crippen LogP contribution in [0.1, 0.15) is 23.2 Å². The third kappa shape index (κ3) is 5.52. The Morgan fingerprint density at radius 1 is 1.12 bits per heavy atom. The molecule has 136 valence electrons. The fourth-order valence-corrected chi connectivity index (χ4v) is 2.98. The van der Waals surface area contributed by atoms with Crippen molar-refractivity contribution >= 4 is 17.5 Å². The Hall–Kier alpha value is -1.96. The van der Waals surface area contributed by atoms with E-state index in [9.17, 15) is 9.59 Å². The smallest absolute Gasteiger partial charge is 0.251 e. The zero-order valence-electron chi connectivity index (χ0n) is 14.3. The number of hydrogen-bond acceptors (Lipinski definition) is 5. The number of nitrogens with zero attached hydrogens (tertiary/aromatic N) is 1. The molecule has 0 aromatic heterocycles. The van der Waals surface area contributed by atoms with Crippen molar-refractivity contribution in [2.45, 2.75) is 18.9 Å². The molecule has 3 rings (SSSR count). The first-order valence-electron chi connectivity index (χ1n) is 8.80. The van der Waals surface area contributed by atoms with Crippen LogP contribution >= 0.6 is 0 Å². The molecule has 2 fully saturated rings. The number of morpholine rings is 1. The number of hydrogen-bond donors (Lipinski definition) is 2. The van der Waals surface area contributed by atoms with E-state index >= 15 is 0 Å². The van der Waals surface area contributed by atoms with Gasteiger partial charge < -0.3 is 20.1 Å². The summed E-state index contributed by atoms with van der Waals surface area (Å²) >= 11 is 0. The van der Waals surface area contributed by atoms with Crippen LogP contribution in [0.3, 0.4) is 0 Å². The normalized spacial score (nSPS) is 21.0. The highest BCUT2D eigenvalue weighted by Gasteiger charge is 2.17. The maximum absolute atomic E-state index is 12.1. The lowest BCUT2D eigenvalue weighted by Gasteiger charge is -2.25. The van der Waals surface area contributed by atoms with Crippen molar-refractivity contribution in [1.29, 1.82) is 0 Å². The molecule has 0 bridgehead atoms. The standard InChI is InChI=1S/C18H25N3O4/c22-17(13-21-7-10-24-11-8-21)20-15-5-3-14(4-6-15)18(23)19-12-16-2-1-9-25-16/h3-6,16H,1-2,7-13H2,(H,19,23)(H,20,22). The molecule has 7 nitrogen and oxygen atoms in total. The SMILES string of the molecule is O=C(CN1CCOCC1)Nc1ccc(C(=O)NCC2CCCO2)cc1. The molecule has 7 heteroatoms. The van der Waals surface area contributed by atoms with Crippen LogP contribution in [-0.2, 0) is 14.3 Å². The summed E-state index contributed by atoms with van der Waals surface area (Å²) in [6.07, 6.45) is 2.18. The Balaban J connectivity index is 1.44. The minimum Gasteiger partial charge on any atom is -0.379 e. The second kappa shape index (κ2) is 8.94. The third-order valence-electron chi connectivity index (χ3n) is 4.42. The molecule has 1 aromatic carbocycles. The van der Waals surface area contributed by atoms with Crippen LogP contribution < -0.4 is 10.6 Å². The van der Waals surface area contributed by atoms with E-state index in [0.29, 0.717) is 37.6 Å². The molecule has 1 unspecified atom stereocenters. The van der Waals surface area contributed by atoms with E-state index in [4.69, 9.17) is 9.47 Å². The van der Waals surface area contributed by atoms with E-state index in [0.717, 1.165) is 32.5 Å². The molecular formula is C18H25N3O4. The van der Waals surface area contributed by atoms with Gasteiger partial charge in [-0.1, -0.05) is 0 Å². The Bertz CT molecular complexity index is 578. The van der Waals surface area contributed by atoms with Gasteiger partial charge in [0.25, 0.3) is 5.91 Å². The van der Waals surface area contributed by atoms with Gasteiger partial charge in [0.2, 0.25) is 5.91 Å². The summed E-state index contributed by atoms with van der Waals surface area (Å²) in [5.74, 6) is -0.181. The predicted molar refractivity (Wildman–Crippen MR) is 93.6 cm³/mol. The van der Waals surface area contributed by atoms with Crippen LogP contribution in [0.5, 0.6) is 0 Å². The lowest BCUT2D eigenvalue weighted by atomic mass is 10.2. The van der Waals surface area contributed by atoms with Gasteiger partial charge in [0.1, 0.15) is 0 Å². The second-order valence-electron chi connectivity index (χ2n) is 6.36. The first-order valence-corrected chi connectivity index (χ1v) is 8.80. The fourth-order valence-electron chi connectivity index (χ4n) is 2.98. The molecule has 0 spiro atoms. The first-order chi connectivity index (χ1) is 12.2. The Morgan fingerprint density at radius 3 is 2.56 bits per heavy atom. The van der Waals surface area contributed by atoms with Crippen molar-refractivity contribution in [1.82, 2.24) is 10.2 Å². The molecular weight excluding hydrogens is 322 g/mol. The molecule has 0 aliphatic carbocycles. The van der Waals surface area contributed by atoms with Crippen LogP contribution in [-0.4, -0.2) is 68.8 Å². The summed E-state index contributed by atoms with van der Waals surface area (Å²) in [6, 6.07) is 6.93. The zero-order chi connectivity index (χ0) is 17.5. The number of nitrogens with one attached hydrogen (secondary N) is 2. The monoisotopic (exact) mass is 347 g/mol. The average Bonchev–Trinajstić information content (AvgIpc) is 3.14. The van der Waals surface area contributed by atoms with Gasteiger partial charge in [-0.25, -0.2) is 0 Å². The van der Waals surface area contributed by atoms with Crippen molar-refractivity contribution in [2.24, 2.45) is 0 Å². The van der Waals surface area contributed by atoms with Gasteiger partial charge in [0, 0.05) is 37.5 Å². The van der Waals surface area contributed by atoms with Crippen LogP contribution in [0.15, 0.2) is 24.3 Å². The lowest BCUT2D eigenvalue weighted by Crippen LogP contribution is -2.41. The summed E-state index contributed by atoms with van der Waals surface area (Å²) < 4.78 is 10.8. The van der Waals surface area contributed by atoms with E-state index in [1.165, 1.54) is 0 Å². The van der Waals surface area contributed by atoms with E-state index < -0.39 is 0 Å². The maximum atomic E-state index is 12.1. The van der Waals surface area contributed by atoms with E-state index in [1.54, 1.807) is 24.3 Å². The van der Waals surface area contributed by atoms with Crippen LogP contribution in [0.2, 0.25) is 0 Å². The van der Waals surface area contributed by atoms with Crippen molar-refractivity contribution in [3.05, 3.63) is 29.8 Å². The first kappa shape index (κ1) is 17.8. The minimum atomic E-state index is -0.123. The number of amides is 2. The highest BCUT2D eigenvalue weighted by molar-refractivity contribution is 5.96. The molecule has 0 saturated carbocycles. The summed E-state index contributed by atoms with van der Waals surface area (Å²) in [7, 11) is 0. The topological polar surface area (TPSA) is 79.9 Å². The summed E-state index contributed by atoms with van der Waals surface area (Å²) in [4.78, 5) is 26.2. The number of ether oxygens (including phenoxy) is 2. The molecule has 0 radical (unpaired) electrons. The fraction of sp³-hybridized carbons (Fsp3) is 0.556. The Morgan fingerprint density at radius 2 is 1.88 bits per heavy atom. The summed E-state index contributed by atoms with van der Waals surface area (Å²) in [5, 5.41) is 5.74. The van der Waals surface area contributed by atoms with Gasteiger partial charge >= 0.3 is 0 Å². The van der Waals surface area contributed by atoms with Gasteiger partial charge in [-0.2, -0.15) is 0 Å². The average molecular weight is 347 g/mol. The van der Waals surface area contributed by atoms with Crippen molar-refractivity contribution in [2.75, 3.05) is 51.3 Å². The van der Waals surface area contributed by atoms with Crippen LogP contribution in [0.4, 0.5) is 5.69 Å². The van der Waals surface area contributed by atoms with Gasteiger partial charge in [-0.15, -0.1) is 0 Å². The van der Waals surface area contributed by atoms with Crippen molar-refractivity contribution in [3.8, 4) is 0 Å². The number of rotatable bonds is 6. The largest absolute Gasteiger partial charge is 0.379 e.